The van der Waals surface area contributed by atoms with Crippen molar-refractivity contribution < 1.29 is 5.11 Å². The van der Waals surface area contributed by atoms with Crippen molar-refractivity contribution in [3.8, 4) is 0 Å². The van der Waals surface area contributed by atoms with Crippen LogP contribution in [0.25, 0.3) is 0 Å². The number of hydrogen-bond donors (Lipinski definition) is 1. The highest BCUT2D eigenvalue weighted by molar-refractivity contribution is 6.30. The van der Waals surface area contributed by atoms with Crippen LogP contribution in [0.1, 0.15) is 31.0 Å². The van der Waals surface area contributed by atoms with E-state index in [-0.39, 0.29) is 11.5 Å². The minimum atomic E-state index is -0.294. The molecule has 3 nitrogen and oxygen atoms in total. The molecule has 84 valence electrons. The van der Waals surface area contributed by atoms with Crippen molar-refractivity contribution in [3.63, 3.8) is 0 Å². The molecule has 0 aliphatic heterocycles. The molecule has 1 aromatic heterocycles. The fraction of sp³-hybridized carbons (Fsp3) is 0.727. The van der Waals surface area contributed by atoms with Crippen LogP contribution in [0.15, 0.2) is 0 Å². The van der Waals surface area contributed by atoms with E-state index in [9.17, 15) is 5.11 Å². The Morgan fingerprint density at radius 2 is 2.20 bits per heavy atom. The summed E-state index contributed by atoms with van der Waals surface area (Å²) in [5.74, 6) is 0. The lowest BCUT2D eigenvalue weighted by atomic mass is 9.95. The Morgan fingerprint density at radius 1 is 1.60 bits per heavy atom. The summed E-state index contributed by atoms with van der Waals surface area (Å²) < 4.78 is 1.66. The Kier molecular flexibility index (Phi) is 2.55. The van der Waals surface area contributed by atoms with Gasteiger partial charge in [-0.25, -0.2) is 0 Å². The minimum Gasteiger partial charge on any atom is -0.392 e. The second-order valence-corrected chi connectivity index (χ2v) is 5.21. The third kappa shape index (κ3) is 1.91. The number of halogens is 1. The summed E-state index contributed by atoms with van der Waals surface area (Å²) in [4.78, 5) is 0. The molecular weight excluding hydrogens is 212 g/mol. The van der Waals surface area contributed by atoms with Gasteiger partial charge in [-0.1, -0.05) is 18.5 Å². The summed E-state index contributed by atoms with van der Waals surface area (Å²) in [6.45, 7) is 4.06. The van der Waals surface area contributed by atoms with E-state index >= 15 is 0 Å². The first-order chi connectivity index (χ1) is 6.94. The van der Waals surface area contributed by atoms with Crippen molar-refractivity contribution in [3.05, 3.63) is 16.4 Å². The Labute approximate surface area is 95.0 Å². The molecule has 1 aliphatic rings. The first-order valence-corrected chi connectivity index (χ1v) is 5.68. The van der Waals surface area contributed by atoms with E-state index in [0.29, 0.717) is 11.6 Å². The smallest absolute Gasteiger partial charge is 0.130 e. The van der Waals surface area contributed by atoms with Crippen LogP contribution in [0, 0.1) is 12.3 Å². The van der Waals surface area contributed by atoms with Gasteiger partial charge in [-0.2, -0.15) is 5.10 Å². The van der Waals surface area contributed by atoms with Gasteiger partial charge in [0, 0.05) is 19.0 Å². The topological polar surface area (TPSA) is 38.0 Å². The van der Waals surface area contributed by atoms with Crippen LogP contribution in [0.5, 0.6) is 0 Å². The third-order valence-electron chi connectivity index (χ3n) is 3.51. The normalized spacial score (nSPS) is 20.3. The zero-order valence-corrected chi connectivity index (χ0v) is 10.2. The van der Waals surface area contributed by atoms with Crippen molar-refractivity contribution in [2.24, 2.45) is 12.5 Å². The van der Waals surface area contributed by atoms with Crippen LogP contribution in [0.4, 0.5) is 0 Å². The van der Waals surface area contributed by atoms with E-state index in [1.54, 1.807) is 4.68 Å². The highest BCUT2D eigenvalue weighted by Gasteiger charge is 2.44. The van der Waals surface area contributed by atoms with Gasteiger partial charge >= 0.3 is 0 Å². The first-order valence-electron chi connectivity index (χ1n) is 5.30. The van der Waals surface area contributed by atoms with Crippen molar-refractivity contribution >= 4 is 11.6 Å². The van der Waals surface area contributed by atoms with Crippen molar-refractivity contribution in [1.29, 1.82) is 0 Å². The van der Waals surface area contributed by atoms with Gasteiger partial charge in [0.1, 0.15) is 5.15 Å². The highest BCUT2D eigenvalue weighted by Crippen LogP contribution is 2.49. The second-order valence-electron chi connectivity index (χ2n) is 4.85. The monoisotopic (exact) mass is 228 g/mol. The molecule has 0 amide bonds. The molecule has 1 unspecified atom stereocenters. The minimum absolute atomic E-state index is 0.117. The molecule has 1 atom stereocenters. The molecule has 1 saturated carbocycles. The fourth-order valence-electron chi connectivity index (χ4n) is 1.88. The van der Waals surface area contributed by atoms with E-state index in [1.807, 2.05) is 14.0 Å². The lowest BCUT2D eigenvalue weighted by molar-refractivity contribution is 0.103. The maximum absolute atomic E-state index is 10.1. The number of aromatic nitrogens is 2. The molecule has 4 heteroatoms. The maximum Gasteiger partial charge on any atom is 0.130 e. The molecule has 2 rings (SSSR count). The van der Waals surface area contributed by atoms with Gasteiger partial charge in [-0.05, 0) is 25.2 Å². The molecule has 1 aromatic rings. The Morgan fingerprint density at radius 3 is 2.60 bits per heavy atom. The molecule has 15 heavy (non-hydrogen) atoms. The maximum atomic E-state index is 10.1. The number of aliphatic hydroxyl groups is 1. The fourth-order valence-corrected chi connectivity index (χ4v) is 2.13. The van der Waals surface area contributed by atoms with E-state index in [4.69, 9.17) is 11.6 Å². The standard InChI is InChI=1S/C11H17ClN2O/c1-7-8(10(12)14(3)13-7)6-9(15)11(2)4-5-11/h9,15H,4-6H2,1-3H3. The van der Waals surface area contributed by atoms with Gasteiger partial charge in [0.05, 0.1) is 11.8 Å². The number of aryl methyl sites for hydroxylation is 2. The highest BCUT2D eigenvalue weighted by atomic mass is 35.5. The molecule has 0 saturated heterocycles. The molecule has 0 radical (unpaired) electrons. The quantitative estimate of drug-likeness (QED) is 0.861. The number of hydrogen-bond acceptors (Lipinski definition) is 2. The van der Waals surface area contributed by atoms with E-state index in [2.05, 4.69) is 12.0 Å². The van der Waals surface area contributed by atoms with Gasteiger partial charge < -0.3 is 5.11 Å². The molecule has 0 aromatic carbocycles. The van der Waals surface area contributed by atoms with Gasteiger partial charge in [0.2, 0.25) is 0 Å². The zero-order valence-electron chi connectivity index (χ0n) is 9.42. The molecule has 1 N–H and O–H groups in total. The zero-order chi connectivity index (χ0) is 11.2. The first kappa shape index (κ1) is 11.0. The van der Waals surface area contributed by atoms with E-state index in [0.717, 1.165) is 24.1 Å². The van der Waals surface area contributed by atoms with Crippen molar-refractivity contribution in [2.45, 2.75) is 39.2 Å². The van der Waals surface area contributed by atoms with Gasteiger partial charge in [0.25, 0.3) is 0 Å². The SMILES string of the molecule is Cc1nn(C)c(Cl)c1CC(O)C1(C)CC1. The summed E-state index contributed by atoms with van der Waals surface area (Å²) in [6.07, 6.45) is 2.56. The van der Waals surface area contributed by atoms with Crippen LogP contribution in [0.3, 0.4) is 0 Å². The third-order valence-corrected chi connectivity index (χ3v) is 3.98. The van der Waals surface area contributed by atoms with Crippen LogP contribution >= 0.6 is 11.6 Å². The van der Waals surface area contributed by atoms with Crippen molar-refractivity contribution in [1.82, 2.24) is 9.78 Å². The largest absolute Gasteiger partial charge is 0.392 e. The summed E-state index contributed by atoms with van der Waals surface area (Å²) in [5, 5.41) is 15.0. The Bertz CT molecular complexity index is 382. The molecule has 1 fully saturated rings. The Balaban J connectivity index is 2.16. The number of rotatable bonds is 3. The summed E-state index contributed by atoms with van der Waals surface area (Å²) in [6, 6.07) is 0. The van der Waals surface area contributed by atoms with Crippen LogP contribution in [-0.4, -0.2) is 21.0 Å². The molecule has 1 heterocycles. The lowest BCUT2D eigenvalue weighted by Crippen LogP contribution is -2.21. The summed E-state index contributed by atoms with van der Waals surface area (Å²) in [7, 11) is 1.82. The average molecular weight is 229 g/mol. The number of aliphatic hydroxyl groups excluding tert-OH is 1. The Hall–Kier alpha value is -0.540. The van der Waals surface area contributed by atoms with Crippen LogP contribution < -0.4 is 0 Å². The average Bonchev–Trinajstić information content (AvgIpc) is 2.87. The summed E-state index contributed by atoms with van der Waals surface area (Å²) >= 11 is 6.12. The van der Waals surface area contributed by atoms with Gasteiger partial charge in [0.15, 0.2) is 0 Å². The van der Waals surface area contributed by atoms with Gasteiger partial charge in [-0.15, -0.1) is 0 Å². The van der Waals surface area contributed by atoms with Gasteiger partial charge in [-0.3, -0.25) is 4.68 Å². The van der Waals surface area contributed by atoms with Crippen molar-refractivity contribution in [2.75, 3.05) is 0 Å². The van der Waals surface area contributed by atoms with Crippen LogP contribution in [-0.2, 0) is 13.5 Å². The molecule has 0 spiro atoms. The molecule has 1 aliphatic carbocycles. The molecule has 0 bridgehead atoms. The number of nitrogens with zero attached hydrogens (tertiary/aromatic N) is 2. The predicted molar refractivity (Wildman–Crippen MR) is 60.0 cm³/mol. The predicted octanol–water partition coefficient (Wildman–Crippen LogP) is 2.09. The van der Waals surface area contributed by atoms with E-state index in [1.165, 1.54) is 0 Å². The lowest BCUT2D eigenvalue weighted by Gasteiger charge is -2.17. The van der Waals surface area contributed by atoms with Crippen LogP contribution in [0.2, 0.25) is 5.15 Å². The summed E-state index contributed by atoms with van der Waals surface area (Å²) in [5.41, 5.74) is 2.02. The molecular formula is C11H17ClN2O. The van der Waals surface area contributed by atoms with E-state index < -0.39 is 0 Å². The second kappa shape index (κ2) is 3.49.